The van der Waals surface area contributed by atoms with Gasteiger partial charge in [-0.25, -0.2) is 0 Å². The molecule has 0 saturated carbocycles. The Hall–Kier alpha value is -2.48. The van der Waals surface area contributed by atoms with Gasteiger partial charge in [0, 0.05) is 5.39 Å². The highest BCUT2D eigenvalue weighted by Crippen LogP contribution is 2.30. The third-order valence-corrected chi connectivity index (χ3v) is 5.14. The van der Waals surface area contributed by atoms with Crippen molar-refractivity contribution in [1.29, 1.82) is 0 Å². The maximum Gasteiger partial charge on any atom is 0.123 e. The van der Waals surface area contributed by atoms with Crippen molar-refractivity contribution in [1.82, 2.24) is 0 Å². The smallest absolute Gasteiger partial charge is 0.123 e. The van der Waals surface area contributed by atoms with Crippen molar-refractivity contribution in [2.45, 2.75) is 52.1 Å². The lowest BCUT2D eigenvalue weighted by Gasteiger charge is -2.25. The van der Waals surface area contributed by atoms with E-state index in [9.17, 15) is 5.11 Å². The molecule has 2 nitrogen and oxygen atoms in total. The van der Waals surface area contributed by atoms with E-state index >= 15 is 0 Å². The highest BCUT2D eigenvalue weighted by Gasteiger charge is 2.17. The summed E-state index contributed by atoms with van der Waals surface area (Å²) in [6.07, 6.45) is 1.86. The predicted octanol–water partition coefficient (Wildman–Crippen LogP) is 6.46. The Morgan fingerprint density at radius 2 is 1.69 bits per heavy atom. The van der Waals surface area contributed by atoms with Gasteiger partial charge in [-0.3, -0.25) is 0 Å². The maximum atomic E-state index is 10.3. The fourth-order valence-electron chi connectivity index (χ4n) is 3.20. The zero-order valence-corrected chi connectivity index (χ0v) is 16.1. The summed E-state index contributed by atoms with van der Waals surface area (Å²) < 4.78 is 6.03. The minimum absolute atomic E-state index is 0.143. The molecular weight excluding hydrogens is 320 g/mol. The highest BCUT2D eigenvalue weighted by atomic mass is 16.5. The Morgan fingerprint density at radius 1 is 1.00 bits per heavy atom. The summed E-state index contributed by atoms with van der Waals surface area (Å²) in [7, 11) is 0. The van der Waals surface area contributed by atoms with Gasteiger partial charge in [0.1, 0.15) is 17.1 Å². The first-order valence-electron chi connectivity index (χ1n) is 9.37. The number of ether oxygens (including phenoxy) is 1. The normalized spacial score (nSPS) is 12.9. The van der Waals surface area contributed by atoms with Crippen molar-refractivity contribution >= 4 is 10.8 Å². The topological polar surface area (TPSA) is 29.5 Å². The van der Waals surface area contributed by atoms with Gasteiger partial charge >= 0.3 is 0 Å². The molecule has 0 fully saturated rings. The van der Waals surface area contributed by atoms with E-state index in [1.807, 2.05) is 30.3 Å². The second-order valence-electron chi connectivity index (χ2n) is 7.73. The Kier molecular flexibility index (Phi) is 5.22. The van der Waals surface area contributed by atoms with E-state index in [0.29, 0.717) is 11.7 Å². The molecule has 0 spiro atoms. The molecule has 1 atom stereocenters. The van der Waals surface area contributed by atoms with E-state index in [-0.39, 0.29) is 5.60 Å². The van der Waals surface area contributed by atoms with Crippen molar-refractivity contribution < 1.29 is 9.84 Å². The number of aromatic hydroxyl groups is 1. The Bertz CT molecular complexity index is 878. The summed E-state index contributed by atoms with van der Waals surface area (Å²) in [5.74, 6) is 1.63. The van der Waals surface area contributed by atoms with Crippen LogP contribution in [0.4, 0.5) is 0 Å². The van der Waals surface area contributed by atoms with Crippen LogP contribution in [-0.4, -0.2) is 10.7 Å². The quantitative estimate of drug-likeness (QED) is 0.554. The molecule has 3 aromatic carbocycles. The monoisotopic (exact) mass is 348 g/mol. The lowest BCUT2D eigenvalue weighted by molar-refractivity contribution is 0.105. The zero-order valence-electron chi connectivity index (χ0n) is 16.1. The second-order valence-corrected chi connectivity index (χ2v) is 7.73. The molecule has 2 heteroatoms. The van der Waals surface area contributed by atoms with Crippen LogP contribution in [0.5, 0.6) is 11.5 Å². The van der Waals surface area contributed by atoms with E-state index < -0.39 is 0 Å². The molecule has 0 amide bonds. The first-order chi connectivity index (χ1) is 12.4. The van der Waals surface area contributed by atoms with Crippen LogP contribution in [0.25, 0.3) is 10.8 Å². The van der Waals surface area contributed by atoms with Gasteiger partial charge in [0.05, 0.1) is 0 Å². The van der Waals surface area contributed by atoms with Crippen molar-refractivity contribution in [3.8, 4) is 11.5 Å². The number of hydrogen-bond donors (Lipinski definition) is 1. The lowest BCUT2D eigenvalue weighted by atomic mass is 9.92. The largest absolute Gasteiger partial charge is 0.507 e. The Labute approximate surface area is 156 Å². The Morgan fingerprint density at radius 3 is 2.38 bits per heavy atom. The average Bonchev–Trinajstić information content (AvgIpc) is 2.62. The molecule has 3 rings (SSSR count). The molecule has 0 aliphatic carbocycles. The molecule has 0 saturated heterocycles. The van der Waals surface area contributed by atoms with Gasteiger partial charge in [0.25, 0.3) is 0 Å². The number of fused-ring (bicyclic) bond motifs is 1. The van der Waals surface area contributed by atoms with E-state index in [1.54, 1.807) is 0 Å². The van der Waals surface area contributed by atoms with E-state index in [4.69, 9.17) is 4.74 Å². The molecule has 0 radical (unpaired) electrons. The molecule has 26 heavy (non-hydrogen) atoms. The van der Waals surface area contributed by atoms with Crippen LogP contribution in [0.3, 0.4) is 0 Å². The molecule has 0 aliphatic rings. The molecule has 136 valence electrons. The first-order valence-corrected chi connectivity index (χ1v) is 9.37. The van der Waals surface area contributed by atoms with Gasteiger partial charge in [-0.2, -0.15) is 0 Å². The predicted molar refractivity (Wildman–Crippen MR) is 109 cm³/mol. The van der Waals surface area contributed by atoms with Crippen molar-refractivity contribution in [3.05, 3.63) is 71.8 Å². The highest BCUT2D eigenvalue weighted by molar-refractivity contribution is 5.88. The Balaban J connectivity index is 1.75. The van der Waals surface area contributed by atoms with Gasteiger partial charge in [0.2, 0.25) is 0 Å². The maximum absolute atomic E-state index is 10.3. The van der Waals surface area contributed by atoms with Gasteiger partial charge < -0.3 is 9.84 Å². The summed E-state index contributed by atoms with van der Waals surface area (Å²) in [6, 6.07) is 20.4. The molecule has 0 aromatic heterocycles. The summed E-state index contributed by atoms with van der Waals surface area (Å²) in [5.41, 5.74) is 2.29. The first kappa shape index (κ1) is 18.3. The van der Waals surface area contributed by atoms with Gasteiger partial charge in [-0.05, 0) is 67.3 Å². The van der Waals surface area contributed by atoms with Gasteiger partial charge in [-0.1, -0.05) is 56.3 Å². The van der Waals surface area contributed by atoms with Gasteiger partial charge in [0.15, 0.2) is 0 Å². The number of benzene rings is 3. The molecular formula is C24H28O2. The van der Waals surface area contributed by atoms with E-state index in [0.717, 1.165) is 34.9 Å². The molecule has 1 unspecified atom stereocenters. The minimum atomic E-state index is -0.143. The number of phenols is 1. The third-order valence-electron chi connectivity index (χ3n) is 5.14. The molecule has 1 N–H and O–H groups in total. The molecule has 0 bridgehead atoms. The van der Waals surface area contributed by atoms with Crippen LogP contribution in [0.15, 0.2) is 60.7 Å². The van der Waals surface area contributed by atoms with Gasteiger partial charge in [-0.15, -0.1) is 0 Å². The summed E-state index contributed by atoms with van der Waals surface area (Å²) >= 11 is 0. The van der Waals surface area contributed by atoms with Crippen LogP contribution in [0.1, 0.15) is 51.2 Å². The average molecular weight is 348 g/mol. The number of phenolic OH excluding ortho intramolecular Hbond substituents is 1. The third kappa shape index (κ3) is 4.19. The zero-order chi connectivity index (χ0) is 18.7. The van der Waals surface area contributed by atoms with Crippen LogP contribution < -0.4 is 4.74 Å². The van der Waals surface area contributed by atoms with Crippen molar-refractivity contribution in [3.63, 3.8) is 0 Å². The van der Waals surface area contributed by atoms with E-state index in [2.05, 4.69) is 58.0 Å². The minimum Gasteiger partial charge on any atom is -0.507 e. The fourth-order valence-corrected chi connectivity index (χ4v) is 3.20. The standard InChI is InChI=1S/C24H28O2/c1-5-24(3,4)26-21-12-10-19(11-13-21)17(2)14-18-15-20-8-6-7-9-22(20)23(25)16-18/h6-13,15-17,25H,5,14H2,1-4H3. The van der Waals surface area contributed by atoms with Crippen LogP contribution in [0, 0.1) is 0 Å². The lowest BCUT2D eigenvalue weighted by Crippen LogP contribution is -2.26. The molecule has 0 aliphatic heterocycles. The van der Waals surface area contributed by atoms with Crippen LogP contribution in [-0.2, 0) is 6.42 Å². The fraction of sp³-hybridized carbons (Fsp3) is 0.333. The van der Waals surface area contributed by atoms with Crippen molar-refractivity contribution in [2.75, 3.05) is 0 Å². The summed E-state index contributed by atoms with van der Waals surface area (Å²) in [4.78, 5) is 0. The van der Waals surface area contributed by atoms with Crippen LogP contribution in [0.2, 0.25) is 0 Å². The number of hydrogen-bond acceptors (Lipinski definition) is 2. The SMILES string of the molecule is CCC(C)(C)Oc1ccc(C(C)Cc2cc(O)c3ccccc3c2)cc1. The van der Waals surface area contributed by atoms with E-state index in [1.165, 1.54) is 5.56 Å². The second kappa shape index (κ2) is 7.41. The molecule has 0 heterocycles. The summed E-state index contributed by atoms with van der Waals surface area (Å²) in [6.45, 7) is 8.57. The van der Waals surface area contributed by atoms with Crippen LogP contribution >= 0.6 is 0 Å². The molecule has 3 aromatic rings. The summed E-state index contributed by atoms with van der Waals surface area (Å²) in [5, 5.41) is 12.3. The van der Waals surface area contributed by atoms with Crippen molar-refractivity contribution in [2.24, 2.45) is 0 Å². The number of rotatable bonds is 6.